The maximum Gasteiger partial charge on any atom is 0.266 e. The normalized spacial score (nSPS) is 33.4. The minimum atomic E-state index is -1.19. The van der Waals surface area contributed by atoms with Crippen LogP contribution in [0.5, 0.6) is 0 Å². The van der Waals surface area contributed by atoms with Crippen molar-refractivity contribution >= 4 is 17.5 Å². The zero-order valence-electron chi connectivity index (χ0n) is 13.4. The average molecular weight is 362 g/mol. The van der Waals surface area contributed by atoms with Gasteiger partial charge in [-0.25, -0.2) is 8.78 Å². The molecule has 1 amide bonds. The van der Waals surface area contributed by atoms with Crippen LogP contribution in [0, 0.1) is 5.92 Å². The molecule has 24 heavy (non-hydrogen) atoms. The minimum Gasteiger partial charge on any atom is -0.366 e. The van der Waals surface area contributed by atoms with E-state index in [1.165, 1.54) is 0 Å². The number of nitrogens with zero attached hydrogens (tertiary/aromatic N) is 2. The SMILES string of the molecule is CN1CCN(CC2C(F)CCC(F)C2Cl)C2=C1NNC(C(N)=O)=C2. The van der Waals surface area contributed by atoms with Crippen molar-refractivity contribution in [2.75, 3.05) is 26.7 Å². The van der Waals surface area contributed by atoms with Crippen LogP contribution < -0.4 is 16.6 Å². The Bertz CT molecular complexity index is 584. The molecule has 0 spiro atoms. The van der Waals surface area contributed by atoms with Crippen molar-refractivity contribution in [1.82, 2.24) is 20.7 Å². The lowest BCUT2D eigenvalue weighted by Gasteiger charge is -2.43. The number of halogens is 3. The molecule has 0 saturated heterocycles. The van der Waals surface area contributed by atoms with Gasteiger partial charge in [0, 0.05) is 32.6 Å². The van der Waals surface area contributed by atoms with Crippen LogP contribution in [0.4, 0.5) is 8.78 Å². The summed E-state index contributed by atoms with van der Waals surface area (Å²) in [6.07, 6.45) is -0.322. The largest absolute Gasteiger partial charge is 0.366 e. The molecular formula is C15H22ClF2N5O. The molecule has 2 heterocycles. The number of primary amides is 1. The lowest BCUT2D eigenvalue weighted by atomic mass is 9.85. The number of nitrogens with one attached hydrogen (secondary N) is 2. The molecule has 3 aliphatic rings. The van der Waals surface area contributed by atoms with Crippen molar-refractivity contribution in [3.05, 3.63) is 23.3 Å². The van der Waals surface area contributed by atoms with Crippen LogP contribution in [-0.2, 0) is 4.79 Å². The molecule has 9 heteroatoms. The summed E-state index contributed by atoms with van der Waals surface area (Å²) in [6.45, 7) is 1.64. The number of rotatable bonds is 3. The number of carbonyl (C=O) groups excluding carboxylic acids is 1. The first-order valence-corrected chi connectivity index (χ1v) is 8.48. The highest BCUT2D eigenvalue weighted by atomic mass is 35.5. The van der Waals surface area contributed by atoms with E-state index in [0.29, 0.717) is 19.6 Å². The molecule has 1 saturated carbocycles. The minimum absolute atomic E-state index is 0.166. The molecule has 1 fully saturated rings. The first kappa shape index (κ1) is 17.1. The van der Waals surface area contributed by atoms with Crippen molar-refractivity contribution in [2.45, 2.75) is 30.6 Å². The molecule has 0 aromatic rings. The van der Waals surface area contributed by atoms with Crippen LogP contribution >= 0.6 is 11.6 Å². The van der Waals surface area contributed by atoms with E-state index in [0.717, 1.165) is 11.5 Å². The maximum atomic E-state index is 14.3. The molecule has 0 aromatic carbocycles. The van der Waals surface area contributed by atoms with Crippen LogP contribution in [-0.4, -0.2) is 60.1 Å². The Hall–Kier alpha value is -1.70. The molecule has 1 aliphatic carbocycles. The molecule has 4 N–H and O–H groups in total. The zero-order valence-corrected chi connectivity index (χ0v) is 14.2. The summed E-state index contributed by atoms with van der Waals surface area (Å²) in [4.78, 5) is 15.3. The van der Waals surface area contributed by atoms with Crippen LogP contribution in [0.2, 0.25) is 0 Å². The Morgan fingerprint density at radius 2 is 2.04 bits per heavy atom. The van der Waals surface area contributed by atoms with Crippen molar-refractivity contribution in [3.63, 3.8) is 0 Å². The average Bonchev–Trinajstić information content (AvgIpc) is 2.56. The van der Waals surface area contributed by atoms with Gasteiger partial charge in [0.25, 0.3) is 5.91 Å². The quantitative estimate of drug-likeness (QED) is 0.641. The summed E-state index contributed by atoms with van der Waals surface area (Å²) in [5.74, 6) is -0.421. The van der Waals surface area contributed by atoms with Gasteiger partial charge in [-0.2, -0.15) is 0 Å². The standard InChI is InChI=1S/C15H22ClF2N5O/c1-22-4-5-23(7-8-9(17)2-3-10(18)13(8)16)12-6-11(14(19)24)20-21-15(12)22/h6,8-10,13,20-21H,2-5,7H2,1H3,(H2,19,24). The summed E-state index contributed by atoms with van der Waals surface area (Å²) in [5.41, 5.74) is 12.0. The van der Waals surface area contributed by atoms with Crippen LogP contribution in [0.15, 0.2) is 23.3 Å². The van der Waals surface area contributed by atoms with Crippen LogP contribution in [0.25, 0.3) is 0 Å². The lowest BCUT2D eigenvalue weighted by molar-refractivity contribution is -0.115. The zero-order chi connectivity index (χ0) is 17.4. The van der Waals surface area contributed by atoms with Gasteiger partial charge in [0.1, 0.15) is 23.9 Å². The number of amides is 1. The second kappa shape index (κ2) is 6.66. The van der Waals surface area contributed by atoms with E-state index in [9.17, 15) is 13.6 Å². The van der Waals surface area contributed by atoms with Crippen molar-refractivity contribution < 1.29 is 13.6 Å². The maximum absolute atomic E-state index is 14.3. The van der Waals surface area contributed by atoms with E-state index in [2.05, 4.69) is 10.9 Å². The van der Waals surface area contributed by atoms with Crippen molar-refractivity contribution in [2.24, 2.45) is 11.7 Å². The molecular weight excluding hydrogens is 340 g/mol. The van der Waals surface area contributed by atoms with Gasteiger partial charge in [0.15, 0.2) is 0 Å². The lowest BCUT2D eigenvalue weighted by Crippen LogP contribution is -2.53. The topological polar surface area (TPSA) is 73.6 Å². The second-order valence-electron chi connectivity index (χ2n) is 6.49. The number of carbonyl (C=O) groups is 1. The third-order valence-electron chi connectivity index (χ3n) is 4.90. The number of nitrogens with two attached hydrogens (primary N) is 1. The number of allylic oxidation sites excluding steroid dienone is 1. The van der Waals surface area contributed by atoms with Crippen molar-refractivity contribution in [1.29, 1.82) is 0 Å². The molecule has 6 nitrogen and oxygen atoms in total. The van der Waals surface area contributed by atoms with Gasteiger partial charge in [-0.3, -0.25) is 15.6 Å². The highest BCUT2D eigenvalue weighted by Crippen LogP contribution is 2.35. The first-order valence-electron chi connectivity index (χ1n) is 8.04. The van der Waals surface area contributed by atoms with Gasteiger partial charge in [-0.15, -0.1) is 11.6 Å². The number of likely N-dealkylation sites (N-methyl/N-ethyl adjacent to an activating group) is 1. The van der Waals surface area contributed by atoms with Gasteiger partial charge in [-0.1, -0.05) is 0 Å². The predicted molar refractivity (Wildman–Crippen MR) is 86.9 cm³/mol. The Balaban J connectivity index is 1.84. The number of hydrazine groups is 1. The van der Waals surface area contributed by atoms with Gasteiger partial charge in [-0.05, 0) is 18.9 Å². The smallest absolute Gasteiger partial charge is 0.266 e. The summed E-state index contributed by atoms with van der Waals surface area (Å²) in [5, 5.41) is -0.841. The molecule has 4 unspecified atom stereocenters. The third-order valence-corrected chi connectivity index (χ3v) is 5.50. The van der Waals surface area contributed by atoms with Gasteiger partial charge < -0.3 is 15.5 Å². The summed E-state index contributed by atoms with van der Waals surface area (Å²) in [7, 11) is 1.91. The molecule has 0 radical (unpaired) electrons. The number of hydrogen-bond acceptors (Lipinski definition) is 5. The molecule has 2 aliphatic heterocycles. The highest BCUT2D eigenvalue weighted by molar-refractivity contribution is 6.21. The number of alkyl halides is 3. The van der Waals surface area contributed by atoms with Crippen LogP contribution in [0.1, 0.15) is 12.8 Å². The van der Waals surface area contributed by atoms with Gasteiger partial charge >= 0.3 is 0 Å². The monoisotopic (exact) mass is 361 g/mol. The Morgan fingerprint density at radius 3 is 2.75 bits per heavy atom. The van der Waals surface area contributed by atoms with E-state index < -0.39 is 29.5 Å². The molecule has 3 rings (SSSR count). The van der Waals surface area contributed by atoms with Crippen molar-refractivity contribution in [3.8, 4) is 0 Å². The molecule has 0 aromatic heterocycles. The van der Waals surface area contributed by atoms with E-state index in [1.807, 2.05) is 16.8 Å². The Labute approximate surface area is 144 Å². The molecule has 134 valence electrons. The summed E-state index contributed by atoms with van der Waals surface area (Å²) < 4.78 is 28.2. The first-order chi connectivity index (χ1) is 11.4. The van der Waals surface area contributed by atoms with Gasteiger partial charge in [0.05, 0.1) is 11.1 Å². The Morgan fingerprint density at radius 1 is 1.33 bits per heavy atom. The third kappa shape index (κ3) is 3.11. The van der Waals surface area contributed by atoms with E-state index in [4.69, 9.17) is 17.3 Å². The van der Waals surface area contributed by atoms with E-state index in [-0.39, 0.29) is 18.5 Å². The van der Waals surface area contributed by atoms with E-state index in [1.54, 1.807) is 6.08 Å². The number of hydrogen-bond donors (Lipinski definition) is 3. The van der Waals surface area contributed by atoms with Crippen LogP contribution in [0.3, 0.4) is 0 Å². The van der Waals surface area contributed by atoms with E-state index >= 15 is 0 Å². The fourth-order valence-electron chi connectivity index (χ4n) is 3.42. The summed E-state index contributed by atoms with van der Waals surface area (Å²) in [6, 6.07) is 0. The van der Waals surface area contributed by atoms with Gasteiger partial charge in [0.2, 0.25) is 0 Å². The Kier molecular flexibility index (Phi) is 4.76. The second-order valence-corrected chi connectivity index (χ2v) is 7.00. The highest BCUT2D eigenvalue weighted by Gasteiger charge is 2.41. The summed E-state index contributed by atoms with van der Waals surface area (Å²) >= 11 is 6.14. The fraction of sp³-hybridized carbons (Fsp3) is 0.667. The molecule has 0 bridgehead atoms. The predicted octanol–water partition coefficient (Wildman–Crippen LogP) is 0.574. The fourth-order valence-corrected chi connectivity index (χ4v) is 3.78. The molecule has 4 atom stereocenters.